The Labute approximate surface area is 499 Å². The average Bonchev–Trinajstić information content (AvgIpc) is 2.14. The van der Waals surface area contributed by atoms with Gasteiger partial charge in [0.15, 0.2) is 11.6 Å². The van der Waals surface area contributed by atoms with Gasteiger partial charge in [0.2, 0.25) is 23.2 Å². The quantitative estimate of drug-likeness (QED) is 0.129. The lowest BCUT2D eigenvalue weighted by atomic mass is 9.82. The first-order chi connectivity index (χ1) is 42.8. The number of oxazole rings is 2. The molecule has 0 unspecified atom stereocenters. The summed E-state index contributed by atoms with van der Waals surface area (Å²) in [4.78, 5) is 38.8. The van der Waals surface area contributed by atoms with Gasteiger partial charge >= 0.3 is 0 Å². The Hall–Kier alpha value is -11.6. The third kappa shape index (κ3) is 8.56. The van der Waals surface area contributed by atoms with Gasteiger partial charge in [0.1, 0.15) is 11.0 Å². The summed E-state index contributed by atoms with van der Waals surface area (Å²) in [5.74, 6) is 2.20. The zero-order valence-electron chi connectivity index (χ0n) is 47.1. The molecule has 6 aromatic heterocycles. The molecule has 10 aromatic carbocycles. The summed E-state index contributed by atoms with van der Waals surface area (Å²) in [5, 5.41) is 6.86. The molecule has 10 heteroatoms. The van der Waals surface area contributed by atoms with Crippen LogP contribution < -0.4 is 0 Å². The molecule has 408 valence electrons. The highest BCUT2D eigenvalue weighted by Crippen LogP contribution is 2.50. The van der Waals surface area contributed by atoms with E-state index >= 15 is 0 Å². The average molecular weight is 1120 g/mol. The molecule has 16 aromatic rings. The van der Waals surface area contributed by atoms with E-state index in [1.54, 1.807) is 12.4 Å². The number of pyridine rings is 2. The number of nitrogens with zero attached hydrogens (tertiary/aromatic N) is 8. The maximum atomic E-state index is 6.14. The van der Waals surface area contributed by atoms with E-state index in [9.17, 15) is 0 Å². The third-order valence-electron chi connectivity index (χ3n) is 17.2. The van der Waals surface area contributed by atoms with E-state index in [2.05, 4.69) is 187 Å². The molecule has 0 saturated carbocycles. The first-order valence-electron chi connectivity index (χ1n) is 29.0. The fourth-order valence-electron chi connectivity index (χ4n) is 12.8. The molecule has 6 heterocycles. The van der Waals surface area contributed by atoms with Gasteiger partial charge in [0, 0.05) is 62.9 Å². The van der Waals surface area contributed by atoms with Crippen LogP contribution in [0, 0.1) is 0 Å². The normalized spacial score (nSPS) is 12.6. The minimum Gasteiger partial charge on any atom is -0.418 e. The number of hydrogen-bond donors (Lipinski definition) is 0. The zero-order valence-corrected chi connectivity index (χ0v) is 47.1. The second-order valence-corrected chi connectivity index (χ2v) is 22.7. The van der Waals surface area contributed by atoms with Crippen LogP contribution in [0.3, 0.4) is 0 Å². The lowest BCUT2D eigenvalue weighted by molar-refractivity contribution is 0.607. The fourth-order valence-corrected chi connectivity index (χ4v) is 12.8. The molecule has 0 aliphatic heterocycles. The van der Waals surface area contributed by atoms with Crippen molar-refractivity contribution in [3.63, 3.8) is 0 Å². The van der Waals surface area contributed by atoms with Gasteiger partial charge in [-0.05, 0) is 168 Å². The lowest BCUT2D eigenvalue weighted by Crippen LogP contribution is -2.14. The van der Waals surface area contributed by atoms with Crippen molar-refractivity contribution in [2.75, 3.05) is 0 Å². The lowest BCUT2D eigenvalue weighted by Gasteiger charge is -2.22. The molecule has 1 aliphatic rings. The standard InChI is InChI=1S/C77H48N8O2/c1-77(2)64-22-8-7-21-59(64)60-32-31-50(43-65(60)77)70-44-69(82-72(83-70)52-15-10-17-54(39-52)74-85-68-24-12-35-80-76(68)87-74)46-27-25-45(26-28-46)61-42-55(37-48-13-3-4-18-56(48)61)47-29-30-49-41-63(58-20-6-5-19-57(58)62(49)40-47)66-33-36-78-71(81-66)51-14-9-16-53(38-51)73-84-67-23-11-34-79-75(67)86-73/h3-44H,1-2H3. The summed E-state index contributed by atoms with van der Waals surface area (Å²) in [6, 6.07) is 83.0. The van der Waals surface area contributed by atoms with E-state index in [4.69, 9.17) is 33.8 Å². The summed E-state index contributed by atoms with van der Waals surface area (Å²) in [6.45, 7) is 4.62. The summed E-state index contributed by atoms with van der Waals surface area (Å²) < 4.78 is 12.2. The monoisotopic (exact) mass is 1120 g/mol. The van der Waals surface area contributed by atoms with Crippen LogP contribution in [0.15, 0.2) is 264 Å². The molecule has 0 amide bonds. The SMILES string of the molecule is CC1(C)c2ccccc2-c2ccc(-c3cc(-c4ccc(-c5cc(-c6ccc7cc(-c8ccnc(-c9cccc(-c%10nc%11cccnc%11o%10)c9)n8)c8ccccc8c7c6)cc6ccccc56)cc4)nc(-c4cccc(-c5nc6cccnc6o5)c4)n3)cc21. The molecule has 0 spiro atoms. The highest BCUT2D eigenvalue weighted by Gasteiger charge is 2.35. The molecular formula is C77H48N8O2. The van der Waals surface area contributed by atoms with E-state index in [0.717, 1.165) is 105 Å². The largest absolute Gasteiger partial charge is 0.418 e. The van der Waals surface area contributed by atoms with Crippen LogP contribution in [0.2, 0.25) is 0 Å². The van der Waals surface area contributed by atoms with Crippen LogP contribution in [0.25, 0.3) is 168 Å². The molecule has 1 aliphatic carbocycles. The first-order valence-corrected chi connectivity index (χ1v) is 29.0. The Balaban J connectivity index is 0.729. The number of benzene rings is 10. The second-order valence-electron chi connectivity index (χ2n) is 22.7. The maximum absolute atomic E-state index is 6.14. The summed E-state index contributed by atoms with van der Waals surface area (Å²) >= 11 is 0. The molecule has 0 saturated heterocycles. The predicted molar refractivity (Wildman–Crippen MR) is 347 cm³/mol. The number of aromatic nitrogens is 8. The molecule has 0 atom stereocenters. The van der Waals surface area contributed by atoms with E-state index in [1.807, 2.05) is 85.1 Å². The van der Waals surface area contributed by atoms with Crippen molar-refractivity contribution in [2.24, 2.45) is 0 Å². The summed E-state index contributed by atoms with van der Waals surface area (Å²) in [7, 11) is 0. The van der Waals surface area contributed by atoms with Crippen LogP contribution in [-0.2, 0) is 5.41 Å². The first kappa shape index (κ1) is 49.9. The van der Waals surface area contributed by atoms with E-state index in [0.29, 0.717) is 45.9 Å². The molecular weight excluding hydrogens is 1070 g/mol. The molecule has 10 nitrogen and oxygen atoms in total. The van der Waals surface area contributed by atoms with Gasteiger partial charge in [-0.2, -0.15) is 0 Å². The minimum atomic E-state index is -0.177. The Morgan fingerprint density at radius 3 is 1.63 bits per heavy atom. The van der Waals surface area contributed by atoms with Crippen LogP contribution >= 0.6 is 0 Å². The molecule has 0 radical (unpaired) electrons. The van der Waals surface area contributed by atoms with E-state index in [1.165, 1.54) is 27.6 Å². The number of hydrogen-bond acceptors (Lipinski definition) is 10. The predicted octanol–water partition coefficient (Wildman–Crippen LogP) is 19.1. The molecule has 0 N–H and O–H groups in total. The topological polar surface area (TPSA) is 129 Å². The van der Waals surface area contributed by atoms with E-state index < -0.39 is 0 Å². The van der Waals surface area contributed by atoms with Crippen LogP contribution in [-0.4, -0.2) is 39.9 Å². The molecule has 17 rings (SSSR count). The van der Waals surface area contributed by atoms with Crippen molar-refractivity contribution in [3.05, 3.63) is 266 Å². The van der Waals surface area contributed by atoms with Gasteiger partial charge in [-0.25, -0.2) is 39.9 Å². The van der Waals surface area contributed by atoms with Gasteiger partial charge in [0.05, 0.1) is 17.1 Å². The Kier molecular flexibility index (Phi) is 11.3. The summed E-state index contributed by atoms with van der Waals surface area (Å²) in [6.07, 6.45) is 5.25. The third-order valence-corrected chi connectivity index (χ3v) is 17.2. The summed E-state index contributed by atoms with van der Waals surface area (Å²) in [5.41, 5.74) is 20.7. The van der Waals surface area contributed by atoms with Crippen molar-refractivity contribution in [1.82, 2.24) is 39.9 Å². The highest BCUT2D eigenvalue weighted by atomic mass is 16.4. The molecule has 87 heavy (non-hydrogen) atoms. The smallest absolute Gasteiger partial charge is 0.247 e. The van der Waals surface area contributed by atoms with Crippen molar-refractivity contribution in [1.29, 1.82) is 0 Å². The number of rotatable bonds is 9. The highest BCUT2D eigenvalue weighted by molar-refractivity contribution is 6.15. The molecule has 0 bridgehead atoms. The van der Waals surface area contributed by atoms with E-state index in [-0.39, 0.29) is 5.41 Å². The van der Waals surface area contributed by atoms with Gasteiger partial charge in [-0.3, -0.25) is 0 Å². The minimum absolute atomic E-state index is 0.177. The van der Waals surface area contributed by atoms with Gasteiger partial charge < -0.3 is 8.83 Å². The van der Waals surface area contributed by atoms with Gasteiger partial charge in [-0.1, -0.05) is 159 Å². The van der Waals surface area contributed by atoms with Crippen molar-refractivity contribution >= 4 is 54.8 Å². The van der Waals surface area contributed by atoms with Gasteiger partial charge in [0.25, 0.3) is 0 Å². The van der Waals surface area contributed by atoms with Crippen molar-refractivity contribution in [3.8, 4) is 113 Å². The van der Waals surface area contributed by atoms with Gasteiger partial charge in [-0.15, -0.1) is 0 Å². The van der Waals surface area contributed by atoms with Crippen molar-refractivity contribution < 1.29 is 8.83 Å². The second kappa shape index (κ2) is 19.8. The maximum Gasteiger partial charge on any atom is 0.247 e. The Morgan fingerprint density at radius 2 is 0.885 bits per heavy atom. The molecule has 0 fully saturated rings. The Bertz CT molecular complexity index is 5410. The zero-order chi connectivity index (χ0) is 57.7. The van der Waals surface area contributed by atoms with Crippen LogP contribution in [0.1, 0.15) is 25.0 Å². The Morgan fingerprint density at radius 1 is 0.287 bits per heavy atom. The van der Waals surface area contributed by atoms with Crippen LogP contribution in [0.5, 0.6) is 0 Å². The number of fused-ring (bicyclic) bond motifs is 9. The fraction of sp³-hybridized carbons (Fsp3) is 0.0390. The van der Waals surface area contributed by atoms with Crippen molar-refractivity contribution in [2.45, 2.75) is 19.3 Å². The van der Waals surface area contributed by atoms with Crippen LogP contribution in [0.4, 0.5) is 0 Å².